The smallest absolute Gasteiger partial charge is 0.223 e. The minimum absolute atomic E-state index is 0.196. The van der Waals surface area contributed by atoms with Crippen molar-refractivity contribution < 1.29 is 4.79 Å². The molecule has 0 atom stereocenters. The van der Waals surface area contributed by atoms with Gasteiger partial charge in [-0.25, -0.2) is 0 Å². The number of carbonyl (C=O) groups excluding carboxylic acids is 1. The SMILES string of the molecule is O=C(NCCNCc1cnccn1)C1CC1. The Kier molecular flexibility index (Phi) is 3.82. The summed E-state index contributed by atoms with van der Waals surface area (Å²) in [6, 6.07) is 0. The fraction of sp³-hybridized carbons (Fsp3) is 0.545. The monoisotopic (exact) mass is 220 g/mol. The van der Waals surface area contributed by atoms with E-state index in [-0.39, 0.29) is 5.91 Å². The molecule has 1 aliphatic carbocycles. The zero-order valence-electron chi connectivity index (χ0n) is 9.15. The van der Waals surface area contributed by atoms with E-state index in [0.717, 1.165) is 25.1 Å². The van der Waals surface area contributed by atoms with E-state index in [1.807, 2.05) is 0 Å². The van der Waals surface area contributed by atoms with Crippen molar-refractivity contribution >= 4 is 5.91 Å². The first kappa shape index (κ1) is 11.0. The number of nitrogens with one attached hydrogen (secondary N) is 2. The summed E-state index contributed by atoms with van der Waals surface area (Å²) < 4.78 is 0. The van der Waals surface area contributed by atoms with E-state index in [1.165, 1.54) is 0 Å². The summed E-state index contributed by atoms with van der Waals surface area (Å²) in [7, 11) is 0. The Bertz CT molecular complexity index is 337. The van der Waals surface area contributed by atoms with E-state index >= 15 is 0 Å². The van der Waals surface area contributed by atoms with Gasteiger partial charge in [-0.05, 0) is 12.8 Å². The molecule has 1 aromatic rings. The lowest BCUT2D eigenvalue weighted by Gasteiger charge is -2.05. The molecule has 5 nitrogen and oxygen atoms in total. The topological polar surface area (TPSA) is 66.9 Å². The lowest BCUT2D eigenvalue weighted by atomic mass is 10.4. The van der Waals surface area contributed by atoms with Crippen molar-refractivity contribution in [2.45, 2.75) is 19.4 Å². The van der Waals surface area contributed by atoms with Crippen LogP contribution in [0, 0.1) is 5.92 Å². The van der Waals surface area contributed by atoms with Gasteiger partial charge < -0.3 is 10.6 Å². The first-order chi connectivity index (χ1) is 7.86. The number of nitrogens with zero attached hydrogens (tertiary/aromatic N) is 2. The van der Waals surface area contributed by atoms with Crippen molar-refractivity contribution in [1.29, 1.82) is 0 Å². The van der Waals surface area contributed by atoms with Crippen molar-refractivity contribution in [3.63, 3.8) is 0 Å². The van der Waals surface area contributed by atoms with Crippen molar-refractivity contribution in [3.05, 3.63) is 24.3 Å². The minimum atomic E-state index is 0.196. The normalized spacial score (nSPS) is 14.8. The van der Waals surface area contributed by atoms with Gasteiger partial charge in [0.1, 0.15) is 0 Å². The molecule has 1 fully saturated rings. The summed E-state index contributed by atoms with van der Waals surface area (Å²) in [4.78, 5) is 19.4. The molecule has 0 aliphatic heterocycles. The molecular weight excluding hydrogens is 204 g/mol. The maximum absolute atomic E-state index is 11.3. The van der Waals surface area contributed by atoms with Crippen LogP contribution in [0.15, 0.2) is 18.6 Å². The Morgan fingerprint density at radius 2 is 2.25 bits per heavy atom. The molecule has 0 spiro atoms. The highest BCUT2D eigenvalue weighted by Crippen LogP contribution is 2.28. The lowest BCUT2D eigenvalue weighted by Crippen LogP contribution is -2.32. The second kappa shape index (κ2) is 5.55. The van der Waals surface area contributed by atoms with Crippen molar-refractivity contribution in [2.75, 3.05) is 13.1 Å². The molecular formula is C11H16N4O. The summed E-state index contributed by atoms with van der Waals surface area (Å²) in [6.45, 7) is 2.12. The zero-order chi connectivity index (χ0) is 11.2. The van der Waals surface area contributed by atoms with E-state index in [9.17, 15) is 4.79 Å². The number of amides is 1. The summed E-state index contributed by atoms with van der Waals surface area (Å²) >= 11 is 0. The Labute approximate surface area is 94.7 Å². The average molecular weight is 220 g/mol. The van der Waals surface area contributed by atoms with Gasteiger partial charge in [-0.15, -0.1) is 0 Å². The molecule has 1 heterocycles. The van der Waals surface area contributed by atoms with Crippen LogP contribution in [0.5, 0.6) is 0 Å². The Balaban J connectivity index is 1.53. The Hall–Kier alpha value is -1.49. The van der Waals surface area contributed by atoms with Crippen LogP contribution in [0.1, 0.15) is 18.5 Å². The van der Waals surface area contributed by atoms with E-state index in [2.05, 4.69) is 20.6 Å². The Morgan fingerprint density at radius 3 is 2.94 bits per heavy atom. The standard InChI is InChI=1S/C11H16N4O/c16-11(9-1-2-9)15-6-4-13-8-10-7-12-3-5-14-10/h3,5,7,9,13H,1-2,4,6,8H2,(H,15,16). The molecule has 1 amide bonds. The molecule has 1 aromatic heterocycles. The molecule has 86 valence electrons. The first-order valence-corrected chi connectivity index (χ1v) is 5.59. The van der Waals surface area contributed by atoms with Crippen LogP contribution in [0.2, 0.25) is 0 Å². The number of carbonyl (C=O) groups is 1. The molecule has 0 aromatic carbocycles. The Morgan fingerprint density at radius 1 is 1.38 bits per heavy atom. The van der Waals surface area contributed by atoms with Gasteiger partial charge in [-0.3, -0.25) is 14.8 Å². The van der Waals surface area contributed by atoms with Crippen LogP contribution in [0.3, 0.4) is 0 Å². The molecule has 0 saturated heterocycles. The molecule has 0 bridgehead atoms. The third kappa shape index (κ3) is 3.58. The molecule has 2 N–H and O–H groups in total. The van der Waals surface area contributed by atoms with Crippen LogP contribution < -0.4 is 10.6 Å². The largest absolute Gasteiger partial charge is 0.355 e. The molecule has 1 aliphatic rings. The predicted octanol–water partition coefficient (Wildman–Crippen LogP) is 0.0924. The molecule has 16 heavy (non-hydrogen) atoms. The van der Waals surface area contributed by atoms with Gasteiger partial charge in [-0.2, -0.15) is 0 Å². The van der Waals surface area contributed by atoms with Crippen LogP contribution in [-0.2, 0) is 11.3 Å². The van der Waals surface area contributed by atoms with Gasteiger partial charge in [0.05, 0.1) is 5.69 Å². The fourth-order valence-electron chi connectivity index (χ4n) is 1.40. The molecule has 0 radical (unpaired) electrons. The van der Waals surface area contributed by atoms with Gasteiger partial charge in [0.15, 0.2) is 0 Å². The molecule has 0 unspecified atom stereocenters. The predicted molar refractivity (Wildman–Crippen MR) is 59.5 cm³/mol. The molecule has 1 saturated carbocycles. The average Bonchev–Trinajstić information content (AvgIpc) is 3.13. The number of rotatable bonds is 6. The fourth-order valence-corrected chi connectivity index (χ4v) is 1.40. The zero-order valence-corrected chi connectivity index (χ0v) is 9.15. The van der Waals surface area contributed by atoms with Crippen LogP contribution >= 0.6 is 0 Å². The van der Waals surface area contributed by atoms with Gasteiger partial charge >= 0.3 is 0 Å². The van der Waals surface area contributed by atoms with Crippen molar-refractivity contribution in [3.8, 4) is 0 Å². The number of aromatic nitrogens is 2. The van der Waals surface area contributed by atoms with Crippen LogP contribution in [0.25, 0.3) is 0 Å². The van der Waals surface area contributed by atoms with Crippen LogP contribution in [-0.4, -0.2) is 29.0 Å². The third-order valence-electron chi connectivity index (χ3n) is 2.47. The summed E-state index contributed by atoms with van der Waals surface area (Å²) in [5.74, 6) is 0.487. The number of hydrogen-bond acceptors (Lipinski definition) is 4. The van der Waals surface area contributed by atoms with E-state index in [1.54, 1.807) is 18.6 Å². The second-order valence-corrected chi connectivity index (χ2v) is 3.94. The van der Waals surface area contributed by atoms with E-state index in [4.69, 9.17) is 0 Å². The maximum Gasteiger partial charge on any atom is 0.223 e. The number of hydrogen-bond donors (Lipinski definition) is 2. The highest BCUT2D eigenvalue weighted by atomic mass is 16.2. The summed E-state index contributed by atoms with van der Waals surface area (Å²) in [5, 5.41) is 6.09. The van der Waals surface area contributed by atoms with Crippen molar-refractivity contribution in [1.82, 2.24) is 20.6 Å². The van der Waals surface area contributed by atoms with Gasteiger partial charge in [0.2, 0.25) is 5.91 Å². The summed E-state index contributed by atoms with van der Waals surface area (Å²) in [5.41, 5.74) is 0.913. The highest BCUT2D eigenvalue weighted by Gasteiger charge is 2.28. The van der Waals surface area contributed by atoms with Crippen LogP contribution in [0.4, 0.5) is 0 Å². The molecule has 5 heteroatoms. The van der Waals surface area contributed by atoms with E-state index < -0.39 is 0 Å². The quantitative estimate of drug-likeness (QED) is 0.667. The maximum atomic E-state index is 11.3. The first-order valence-electron chi connectivity index (χ1n) is 5.59. The minimum Gasteiger partial charge on any atom is -0.355 e. The van der Waals surface area contributed by atoms with Gasteiger partial charge in [0, 0.05) is 44.1 Å². The van der Waals surface area contributed by atoms with E-state index in [0.29, 0.717) is 19.0 Å². The molecule has 2 rings (SSSR count). The van der Waals surface area contributed by atoms with Gasteiger partial charge in [0.25, 0.3) is 0 Å². The van der Waals surface area contributed by atoms with Gasteiger partial charge in [-0.1, -0.05) is 0 Å². The lowest BCUT2D eigenvalue weighted by molar-refractivity contribution is -0.122. The summed E-state index contributed by atoms with van der Waals surface area (Å²) in [6.07, 6.45) is 7.17. The third-order valence-corrected chi connectivity index (χ3v) is 2.47. The highest BCUT2D eigenvalue weighted by molar-refractivity contribution is 5.80. The second-order valence-electron chi connectivity index (χ2n) is 3.94. The van der Waals surface area contributed by atoms with Crippen molar-refractivity contribution in [2.24, 2.45) is 5.92 Å².